The summed E-state index contributed by atoms with van der Waals surface area (Å²) in [6.07, 6.45) is 0. The van der Waals surface area contributed by atoms with Gasteiger partial charge < -0.3 is 25.0 Å². The van der Waals surface area contributed by atoms with Crippen LogP contribution < -0.4 is 10.1 Å². The fraction of sp³-hybridized carbons (Fsp3) is 0.500. The summed E-state index contributed by atoms with van der Waals surface area (Å²) in [5, 5.41) is 21.3. The fourth-order valence-electron chi connectivity index (χ4n) is 1.35. The number of methoxy groups -OCH3 is 1. The van der Waals surface area contributed by atoms with Crippen LogP contribution in [0.5, 0.6) is 11.5 Å². The van der Waals surface area contributed by atoms with Gasteiger partial charge in [0.1, 0.15) is 11.5 Å². The molecular formula is C12H19NO4. The fourth-order valence-corrected chi connectivity index (χ4v) is 1.35. The maximum absolute atomic E-state index is 9.68. The number of hydrogen-bond acceptors (Lipinski definition) is 5. The van der Waals surface area contributed by atoms with Crippen molar-refractivity contribution < 1.29 is 19.7 Å². The molecule has 0 aromatic heterocycles. The third kappa shape index (κ3) is 5.04. The van der Waals surface area contributed by atoms with Gasteiger partial charge in [-0.3, -0.25) is 0 Å². The number of ether oxygens (including phenoxy) is 2. The SMILES string of the molecule is COc1ccc(CNCCOCCO)c(O)c1. The van der Waals surface area contributed by atoms with Crippen molar-refractivity contribution in [1.82, 2.24) is 5.32 Å². The predicted molar refractivity (Wildman–Crippen MR) is 64.3 cm³/mol. The number of aliphatic hydroxyl groups excluding tert-OH is 1. The molecule has 1 aromatic carbocycles. The summed E-state index contributed by atoms with van der Waals surface area (Å²) >= 11 is 0. The summed E-state index contributed by atoms with van der Waals surface area (Å²) in [7, 11) is 1.56. The van der Waals surface area contributed by atoms with E-state index in [1.807, 2.05) is 6.07 Å². The van der Waals surface area contributed by atoms with Gasteiger partial charge in [0.15, 0.2) is 0 Å². The molecule has 0 aliphatic carbocycles. The van der Waals surface area contributed by atoms with Crippen LogP contribution in [0.4, 0.5) is 0 Å². The van der Waals surface area contributed by atoms with Gasteiger partial charge >= 0.3 is 0 Å². The third-order valence-corrected chi connectivity index (χ3v) is 2.27. The zero-order chi connectivity index (χ0) is 12.5. The Balaban J connectivity index is 2.27. The monoisotopic (exact) mass is 241 g/mol. The highest BCUT2D eigenvalue weighted by molar-refractivity contribution is 5.39. The second-order valence-electron chi connectivity index (χ2n) is 3.51. The van der Waals surface area contributed by atoms with Crippen molar-refractivity contribution in [2.75, 3.05) is 33.5 Å². The lowest BCUT2D eigenvalue weighted by Crippen LogP contribution is -2.20. The minimum Gasteiger partial charge on any atom is -0.507 e. The quantitative estimate of drug-likeness (QED) is 0.578. The number of aromatic hydroxyl groups is 1. The van der Waals surface area contributed by atoms with Crippen molar-refractivity contribution in [2.45, 2.75) is 6.54 Å². The average Bonchev–Trinajstić information content (AvgIpc) is 2.35. The maximum atomic E-state index is 9.68. The minimum atomic E-state index is 0.0409. The van der Waals surface area contributed by atoms with E-state index < -0.39 is 0 Å². The largest absolute Gasteiger partial charge is 0.507 e. The van der Waals surface area contributed by atoms with Crippen molar-refractivity contribution in [1.29, 1.82) is 0 Å². The molecule has 0 bridgehead atoms. The maximum Gasteiger partial charge on any atom is 0.123 e. The molecule has 0 fully saturated rings. The zero-order valence-corrected chi connectivity index (χ0v) is 9.98. The number of aliphatic hydroxyl groups is 1. The molecule has 5 heteroatoms. The molecule has 3 N–H and O–H groups in total. The molecule has 0 heterocycles. The Labute approximate surface area is 101 Å². The summed E-state index contributed by atoms with van der Waals surface area (Å²) in [5.41, 5.74) is 0.813. The molecule has 1 rings (SSSR count). The van der Waals surface area contributed by atoms with E-state index >= 15 is 0 Å². The van der Waals surface area contributed by atoms with Crippen LogP contribution >= 0.6 is 0 Å². The van der Waals surface area contributed by atoms with E-state index in [1.165, 1.54) is 0 Å². The smallest absolute Gasteiger partial charge is 0.123 e. The summed E-state index contributed by atoms with van der Waals surface area (Å²) in [4.78, 5) is 0. The highest BCUT2D eigenvalue weighted by atomic mass is 16.5. The van der Waals surface area contributed by atoms with Crippen LogP contribution in [-0.2, 0) is 11.3 Å². The number of hydrogen-bond donors (Lipinski definition) is 3. The second-order valence-corrected chi connectivity index (χ2v) is 3.51. The van der Waals surface area contributed by atoms with Crippen LogP contribution in [0.2, 0.25) is 0 Å². The molecule has 96 valence electrons. The van der Waals surface area contributed by atoms with Crippen LogP contribution in [0.25, 0.3) is 0 Å². The molecule has 0 saturated carbocycles. The van der Waals surface area contributed by atoms with E-state index in [2.05, 4.69) is 5.32 Å². The minimum absolute atomic E-state index is 0.0409. The molecule has 0 radical (unpaired) electrons. The summed E-state index contributed by atoms with van der Waals surface area (Å²) in [6.45, 7) is 2.18. The molecule has 1 aromatic rings. The first-order chi connectivity index (χ1) is 8.27. The Morgan fingerprint density at radius 1 is 1.29 bits per heavy atom. The Kier molecular flexibility index (Phi) is 6.39. The number of phenolic OH excluding ortho intramolecular Hbond substituents is 1. The van der Waals surface area contributed by atoms with E-state index in [9.17, 15) is 5.11 Å². The molecule has 0 amide bonds. The standard InChI is InChI=1S/C12H19NO4/c1-16-11-3-2-10(12(15)8-11)9-13-4-6-17-7-5-14/h2-3,8,13-15H,4-7,9H2,1H3. The van der Waals surface area contributed by atoms with Gasteiger partial charge in [-0.15, -0.1) is 0 Å². The predicted octanol–water partition coefficient (Wildman–Crippen LogP) is 0.499. The average molecular weight is 241 g/mol. The van der Waals surface area contributed by atoms with Gasteiger partial charge in [-0.2, -0.15) is 0 Å². The number of phenols is 1. The van der Waals surface area contributed by atoms with Crippen molar-refractivity contribution in [3.63, 3.8) is 0 Å². The van der Waals surface area contributed by atoms with E-state index in [0.29, 0.717) is 32.1 Å². The molecule has 5 nitrogen and oxygen atoms in total. The number of rotatable bonds is 8. The van der Waals surface area contributed by atoms with E-state index in [4.69, 9.17) is 14.6 Å². The Morgan fingerprint density at radius 2 is 2.12 bits per heavy atom. The first-order valence-corrected chi connectivity index (χ1v) is 5.53. The van der Waals surface area contributed by atoms with Gasteiger partial charge in [0, 0.05) is 24.7 Å². The Bertz CT molecular complexity index is 330. The van der Waals surface area contributed by atoms with Crippen LogP contribution in [0.3, 0.4) is 0 Å². The van der Waals surface area contributed by atoms with E-state index in [0.717, 1.165) is 5.56 Å². The van der Waals surface area contributed by atoms with Crippen molar-refractivity contribution in [3.05, 3.63) is 23.8 Å². The lowest BCUT2D eigenvalue weighted by Gasteiger charge is -2.08. The molecule has 0 atom stereocenters. The molecule has 0 aliphatic heterocycles. The molecule has 0 aliphatic rings. The lowest BCUT2D eigenvalue weighted by molar-refractivity contribution is 0.0938. The molecule has 17 heavy (non-hydrogen) atoms. The molecule has 0 unspecified atom stereocenters. The highest BCUT2D eigenvalue weighted by Gasteiger charge is 2.02. The summed E-state index contributed by atoms with van der Waals surface area (Å²) in [6, 6.07) is 5.20. The van der Waals surface area contributed by atoms with Gasteiger partial charge in [-0.05, 0) is 6.07 Å². The van der Waals surface area contributed by atoms with Gasteiger partial charge in [-0.25, -0.2) is 0 Å². The van der Waals surface area contributed by atoms with E-state index in [1.54, 1.807) is 19.2 Å². The first kappa shape index (κ1) is 13.8. The third-order valence-electron chi connectivity index (χ3n) is 2.27. The highest BCUT2D eigenvalue weighted by Crippen LogP contribution is 2.22. The summed E-state index contributed by atoms with van der Waals surface area (Å²) < 4.78 is 10.1. The number of benzene rings is 1. The van der Waals surface area contributed by atoms with Crippen LogP contribution in [0, 0.1) is 0 Å². The van der Waals surface area contributed by atoms with Gasteiger partial charge in [0.25, 0.3) is 0 Å². The summed E-state index contributed by atoms with van der Waals surface area (Å²) in [5.74, 6) is 0.852. The van der Waals surface area contributed by atoms with Crippen LogP contribution in [-0.4, -0.2) is 43.7 Å². The van der Waals surface area contributed by atoms with Crippen molar-refractivity contribution in [3.8, 4) is 11.5 Å². The Hall–Kier alpha value is -1.30. The van der Waals surface area contributed by atoms with Gasteiger partial charge in [0.05, 0.1) is 26.9 Å². The lowest BCUT2D eigenvalue weighted by atomic mass is 10.2. The topological polar surface area (TPSA) is 71.0 Å². The zero-order valence-electron chi connectivity index (χ0n) is 9.98. The Morgan fingerprint density at radius 3 is 2.76 bits per heavy atom. The molecular weight excluding hydrogens is 222 g/mol. The van der Waals surface area contributed by atoms with Crippen LogP contribution in [0.15, 0.2) is 18.2 Å². The van der Waals surface area contributed by atoms with Crippen molar-refractivity contribution >= 4 is 0 Å². The van der Waals surface area contributed by atoms with E-state index in [-0.39, 0.29) is 12.4 Å². The van der Waals surface area contributed by atoms with Gasteiger partial charge in [-0.1, -0.05) is 6.07 Å². The normalized spacial score (nSPS) is 10.5. The van der Waals surface area contributed by atoms with Crippen LogP contribution in [0.1, 0.15) is 5.56 Å². The molecule has 0 saturated heterocycles. The second kappa shape index (κ2) is 7.89. The number of nitrogens with one attached hydrogen (secondary N) is 1. The first-order valence-electron chi connectivity index (χ1n) is 5.53. The molecule has 0 spiro atoms. The van der Waals surface area contributed by atoms with Crippen molar-refractivity contribution in [2.24, 2.45) is 0 Å². The van der Waals surface area contributed by atoms with Gasteiger partial charge in [0.2, 0.25) is 0 Å².